The van der Waals surface area contributed by atoms with Crippen molar-refractivity contribution < 1.29 is 18.7 Å². The van der Waals surface area contributed by atoms with E-state index in [1.807, 2.05) is 47.6 Å². The maximum absolute atomic E-state index is 13.6. The predicted molar refractivity (Wildman–Crippen MR) is 126 cm³/mol. The van der Waals surface area contributed by atoms with Gasteiger partial charge in [-0.25, -0.2) is 9.37 Å². The quantitative estimate of drug-likeness (QED) is 0.574. The van der Waals surface area contributed by atoms with Crippen LogP contribution in [0.25, 0.3) is 11.1 Å². The molecule has 0 N–H and O–H groups in total. The van der Waals surface area contributed by atoms with Crippen molar-refractivity contribution in [2.75, 3.05) is 19.7 Å². The van der Waals surface area contributed by atoms with Crippen molar-refractivity contribution in [3.05, 3.63) is 78.1 Å². The van der Waals surface area contributed by atoms with Crippen molar-refractivity contribution in [3.8, 4) is 11.1 Å². The number of imidazole rings is 1. The zero-order valence-electron chi connectivity index (χ0n) is 19.4. The number of piperidine rings is 1. The third-order valence-electron chi connectivity index (χ3n) is 7.31. The van der Waals surface area contributed by atoms with Gasteiger partial charge in [-0.1, -0.05) is 36.4 Å². The Morgan fingerprint density at radius 2 is 1.97 bits per heavy atom. The molecule has 3 aromatic rings. The molecule has 1 aromatic heterocycles. The van der Waals surface area contributed by atoms with E-state index < -0.39 is 5.60 Å². The van der Waals surface area contributed by atoms with Gasteiger partial charge in [-0.2, -0.15) is 0 Å². The van der Waals surface area contributed by atoms with Crippen LogP contribution in [-0.4, -0.2) is 51.4 Å². The molecule has 3 atom stereocenters. The summed E-state index contributed by atoms with van der Waals surface area (Å²) in [6, 6.07) is 14.2. The lowest BCUT2D eigenvalue weighted by Gasteiger charge is -2.48. The van der Waals surface area contributed by atoms with Gasteiger partial charge in [-0.15, -0.1) is 0 Å². The summed E-state index contributed by atoms with van der Waals surface area (Å²) in [5, 5.41) is 0. The molecule has 2 aliphatic heterocycles. The molecule has 7 heteroatoms. The SMILES string of the molecule is C[C@@H](c1ccccc1-c1ccc(F)cc1)n1cncc1C(=O)N1CC[C@H]2CC(=O)CO[C@]2(C)C1. The van der Waals surface area contributed by atoms with Crippen LogP contribution in [0.4, 0.5) is 4.39 Å². The Hall–Kier alpha value is -3.32. The van der Waals surface area contributed by atoms with Crippen LogP contribution < -0.4 is 0 Å². The predicted octanol–water partition coefficient (Wildman–Crippen LogP) is 4.51. The highest BCUT2D eigenvalue weighted by atomic mass is 19.1. The Balaban J connectivity index is 1.42. The Labute approximate surface area is 198 Å². The number of nitrogens with zero attached hydrogens (tertiary/aromatic N) is 3. The molecule has 2 aliphatic rings. The fourth-order valence-electron chi connectivity index (χ4n) is 5.28. The van der Waals surface area contributed by atoms with Gasteiger partial charge in [0.15, 0.2) is 5.78 Å². The first-order valence-electron chi connectivity index (χ1n) is 11.7. The van der Waals surface area contributed by atoms with Gasteiger partial charge in [0.1, 0.15) is 18.1 Å². The van der Waals surface area contributed by atoms with E-state index in [1.165, 1.54) is 12.1 Å². The van der Waals surface area contributed by atoms with Crippen molar-refractivity contribution in [3.63, 3.8) is 0 Å². The van der Waals surface area contributed by atoms with Crippen molar-refractivity contribution >= 4 is 11.7 Å². The second-order valence-corrected chi connectivity index (χ2v) is 9.51. The van der Waals surface area contributed by atoms with E-state index in [-0.39, 0.29) is 36.1 Å². The minimum absolute atomic E-state index is 0.0937. The topological polar surface area (TPSA) is 64.4 Å². The highest BCUT2D eigenvalue weighted by Gasteiger charge is 2.46. The van der Waals surface area contributed by atoms with E-state index in [0.717, 1.165) is 23.1 Å². The fraction of sp³-hybridized carbons (Fsp3) is 0.370. The number of benzene rings is 2. The number of ketones is 1. The molecule has 2 saturated heterocycles. The van der Waals surface area contributed by atoms with Gasteiger partial charge in [-0.3, -0.25) is 9.59 Å². The first-order chi connectivity index (χ1) is 16.4. The second-order valence-electron chi connectivity index (χ2n) is 9.51. The van der Waals surface area contributed by atoms with Crippen molar-refractivity contribution in [1.82, 2.24) is 14.5 Å². The minimum Gasteiger partial charge on any atom is -0.365 e. The lowest BCUT2D eigenvalue weighted by molar-refractivity contribution is -0.161. The molecule has 0 saturated carbocycles. The molecule has 1 amide bonds. The molecule has 176 valence electrons. The summed E-state index contributed by atoms with van der Waals surface area (Å²) >= 11 is 0. The van der Waals surface area contributed by atoms with Crippen LogP contribution in [0.5, 0.6) is 0 Å². The molecule has 34 heavy (non-hydrogen) atoms. The summed E-state index contributed by atoms with van der Waals surface area (Å²) in [5.74, 6) is -0.0949. The third-order valence-corrected chi connectivity index (χ3v) is 7.31. The molecule has 0 bridgehead atoms. The summed E-state index contributed by atoms with van der Waals surface area (Å²) in [4.78, 5) is 31.5. The van der Waals surface area contributed by atoms with E-state index in [9.17, 15) is 14.0 Å². The first-order valence-corrected chi connectivity index (χ1v) is 11.7. The summed E-state index contributed by atoms with van der Waals surface area (Å²) in [6.45, 7) is 5.19. The largest absolute Gasteiger partial charge is 0.365 e. The van der Waals surface area contributed by atoms with Gasteiger partial charge in [0.05, 0.1) is 30.7 Å². The zero-order valence-corrected chi connectivity index (χ0v) is 19.4. The van der Waals surface area contributed by atoms with Crippen LogP contribution in [0.1, 0.15) is 48.8 Å². The number of rotatable bonds is 4. The Bertz CT molecular complexity index is 1220. The fourth-order valence-corrected chi connectivity index (χ4v) is 5.28. The highest BCUT2D eigenvalue weighted by Crippen LogP contribution is 2.37. The molecule has 0 radical (unpaired) electrons. The van der Waals surface area contributed by atoms with Gasteiger partial charge >= 0.3 is 0 Å². The number of aromatic nitrogens is 2. The van der Waals surface area contributed by atoms with E-state index in [1.54, 1.807) is 24.7 Å². The van der Waals surface area contributed by atoms with Gasteiger partial charge in [-0.05, 0) is 55.0 Å². The number of carbonyl (C=O) groups is 2. The molecule has 5 rings (SSSR count). The van der Waals surface area contributed by atoms with Crippen molar-refractivity contribution in [1.29, 1.82) is 0 Å². The number of fused-ring (bicyclic) bond motifs is 1. The summed E-state index contributed by atoms with van der Waals surface area (Å²) < 4.78 is 21.3. The lowest BCUT2D eigenvalue weighted by atomic mass is 9.77. The summed E-state index contributed by atoms with van der Waals surface area (Å²) in [6.07, 6.45) is 4.56. The number of hydrogen-bond donors (Lipinski definition) is 0. The van der Waals surface area contributed by atoms with Gasteiger partial charge in [0.25, 0.3) is 5.91 Å². The molecular formula is C27H28FN3O3. The van der Waals surface area contributed by atoms with Crippen LogP contribution in [0.15, 0.2) is 61.1 Å². The molecular weight excluding hydrogens is 433 g/mol. The molecule has 6 nitrogen and oxygen atoms in total. The maximum atomic E-state index is 13.6. The van der Waals surface area contributed by atoms with Crippen molar-refractivity contribution in [2.24, 2.45) is 5.92 Å². The standard InChI is InChI=1S/C27H28FN3O3/c1-18(23-5-3-4-6-24(23)19-7-9-21(28)10-8-19)31-17-29-14-25(31)26(33)30-12-11-20-13-22(32)15-34-27(20,2)16-30/h3-10,14,17-18,20H,11-13,15-16H2,1-2H3/t18-,20-,27+/m0/s1. The average Bonchev–Trinajstić information content (AvgIpc) is 3.33. The number of likely N-dealkylation sites (tertiary alicyclic amines) is 1. The lowest BCUT2D eigenvalue weighted by Crippen LogP contribution is -2.58. The third kappa shape index (κ3) is 4.05. The molecule has 3 heterocycles. The van der Waals surface area contributed by atoms with Crippen LogP contribution in [0, 0.1) is 11.7 Å². The molecule has 0 spiro atoms. The first kappa shape index (κ1) is 22.5. The number of Topliss-reactive ketones (excluding diaryl/α,β-unsaturated/α-hetero) is 1. The van der Waals surface area contributed by atoms with Crippen LogP contribution in [-0.2, 0) is 9.53 Å². The normalized spacial score (nSPS) is 23.4. The number of ether oxygens (including phenoxy) is 1. The van der Waals surface area contributed by atoms with E-state index >= 15 is 0 Å². The van der Waals surface area contributed by atoms with E-state index in [2.05, 4.69) is 4.98 Å². The smallest absolute Gasteiger partial charge is 0.272 e. The molecule has 2 aromatic carbocycles. The number of hydrogen-bond acceptors (Lipinski definition) is 4. The summed E-state index contributed by atoms with van der Waals surface area (Å²) in [7, 11) is 0. The zero-order chi connectivity index (χ0) is 23.9. The Kier molecular flexibility index (Phi) is 5.81. The maximum Gasteiger partial charge on any atom is 0.272 e. The summed E-state index contributed by atoms with van der Waals surface area (Å²) in [5.41, 5.74) is 2.91. The number of carbonyl (C=O) groups excluding carboxylic acids is 2. The van der Waals surface area contributed by atoms with E-state index in [0.29, 0.717) is 25.2 Å². The number of amides is 1. The molecule has 0 unspecified atom stereocenters. The number of halogens is 1. The van der Waals surface area contributed by atoms with E-state index in [4.69, 9.17) is 4.74 Å². The van der Waals surface area contributed by atoms with Crippen molar-refractivity contribution in [2.45, 2.75) is 38.3 Å². The molecule has 2 fully saturated rings. The average molecular weight is 462 g/mol. The second kappa shape index (κ2) is 8.80. The highest BCUT2D eigenvalue weighted by molar-refractivity contribution is 5.93. The Morgan fingerprint density at radius 1 is 1.21 bits per heavy atom. The minimum atomic E-state index is -0.506. The van der Waals surface area contributed by atoms with Crippen LogP contribution >= 0.6 is 0 Å². The van der Waals surface area contributed by atoms with Gasteiger partial charge in [0, 0.05) is 13.0 Å². The molecule has 0 aliphatic carbocycles. The monoisotopic (exact) mass is 461 g/mol. The Morgan fingerprint density at radius 3 is 2.76 bits per heavy atom. The van der Waals surface area contributed by atoms with Gasteiger partial charge in [0.2, 0.25) is 0 Å². The van der Waals surface area contributed by atoms with Gasteiger partial charge < -0.3 is 14.2 Å². The van der Waals surface area contributed by atoms with Crippen LogP contribution in [0.2, 0.25) is 0 Å². The van der Waals surface area contributed by atoms with Crippen LogP contribution in [0.3, 0.4) is 0 Å².